The zero-order valence-corrected chi connectivity index (χ0v) is 11.2. The van der Waals surface area contributed by atoms with Gasteiger partial charge >= 0.3 is 0 Å². The molecule has 0 aliphatic heterocycles. The van der Waals surface area contributed by atoms with Crippen LogP contribution in [0.3, 0.4) is 0 Å². The summed E-state index contributed by atoms with van der Waals surface area (Å²) >= 11 is 0. The molecule has 98 valence electrons. The quantitative estimate of drug-likeness (QED) is 0.573. The van der Waals surface area contributed by atoms with Crippen molar-refractivity contribution in [3.8, 4) is 0 Å². The summed E-state index contributed by atoms with van der Waals surface area (Å²) in [6.07, 6.45) is 2.08. The average molecular weight is 232 g/mol. The molecule has 0 amide bonds. The van der Waals surface area contributed by atoms with Crippen LogP contribution < -0.4 is 5.73 Å². The van der Waals surface area contributed by atoms with Gasteiger partial charge in [-0.15, -0.1) is 0 Å². The molecule has 0 radical (unpaired) electrons. The SMILES string of the molecule is COCCCN(CCOC)C(C)CC(C)N. The number of rotatable bonds is 10. The predicted octanol–water partition coefficient (Wildman–Crippen LogP) is 1.10. The normalized spacial score (nSPS) is 15.4. The molecule has 0 saturated heterocycles. The van der Waals surface area contributed by atoms with Gasteiger partial charge in [0, 0.05) is 46.0 Å². The highest BCUT2D eigenvalue weighted by Gasteiger charge is 2.14. The van der Waals surface area contributed by atoms with Crippen molar-refractivity contribution in [1.29, 1.82) is 0 Å². The van der Waals surface area contributed by atoms with Gasteiger partial charge < -0.3 is 15.2 Å². The molecule has 0 aromatic carbocycles. The van der Waals surface area contributed by atoms with E-state index in [0.29, 0.717) is 6.04 Å². The molecular formula is C12H28N2O2. The van der Waals surface area contributed by atoms with E-state index in [1.54, 1.807) is 14.2 Å². The minimum Gasteiger partial charge on any atom is -0.385 e. The molecule has 4 heteroatoms. The van der Waals surface area contributed by atoms with E-state index in [1.165, 1.54) is 0 Å². The fraction of sp³-hybridized carbons (Fsp3) is 1.00. The Balaban J connectivity index is 3.96. The van der Waals surface area contributed by atoms with E-state index >= 15 is 0 Å². The number of ether oxygens (including phenoxy) is 2. The smallest absolute Gasteiger partial charge is 0.0589 e. The number of nitrogens with two attached hydrogens (primary N) is 1. The summed E-state index contributed by atoms with van der Waals surface area (Å²) in [6, 6.07) is 0.759. The summed E-state index contributed by atoms with van der Waals surface area (Å²) in [5.41, 5.74) is 5.83. The summed E-state index contributed by atoms with van der Waals surface area (Å²) < 4.78 is 10.2. The fourth-order valence-corrected chi connectivity index (χ4v) is 1.86. The topological polar surface area (TPSA) is 47.7 Å². The minimum atomic E-state index is 0.252. The standard InChI is InChI=1S/C12H28N2O2/c1-11(13)10-12(2)14(7-9-16-4)6-5-8-15-3/h11-12H,5-10,13H2,1-4H3. The zero-order chi connectivity index (χ0) is 12.4. The third-order valence-corrected chi connectivity index (χ3v) is 2.71. The number of hydrogen-bond acceptors (Lipinski definition) is 4. The van der Waals surface area contributed by atoms with Gasteiger partial charge in [-0.1, -0.05) is 0 Å². The highest BCUT2D eigenvalue weighted by atomic mass is 16.5. The molecule has 2 N–H and O–H groups in total. The molecule has 0 bridgehead atoms. The van der Waals surface area contributed by atoms with Crippen LogP contribution in [0.2, 0.25) is 0 Å². The van der Waals surface area contributed by atoms with Crippen molar-refractivity contribution in [2.24, 2.45) is 5.73 Å². The zero-order valence-electron chi connectivity index (χ0n) is 11.2. The van der Waals surface area contributed by atoms with Gasteiger partial charge in [0.2, 0.25) is 0 Å². The second-order valence-corrected chi connectivity index (χ2v) is 4.44. The maximum Gasteiger partial charge on any atom is 0.0589 e. The van der Waals surface area contributed by atoms with Crippen LogP contribution in [0, 0.1) is 0 Å². The third kappa shape index (κ3) is 8.05. The monoisotopic (exact) mass is 232 g/mol. The second kappa shape index (κ2) is 10.0. The van der Waals surface area contributed by atoms with E-state index in [9.17, 15) is 0 Å². The molecule has 0 spiro atoms. The summed E-state index contributed by atoms with van der Waals surface area (Å²) in [6.45, 7) is 7.88. The first-order valence-corrected chi connectivity index (χ1v) is 6.09. The highest BCUT2D eigenvalue weighted by molar-refractivity contribution is 4.71. The summed E-state index contributed by atoms with van der Waals surface area (Å²) in [5, 5.41) is 0. The molecule has 0 aromatic heterocycles. The first kappa shape index (κ1) is 15.8. The van der Waals surface area contributed by atoms with Crippen LogP contribution in [0.25, 0.3) is 0 Å². The summed E-state index contributed by atoms with van der Waals surface area (Å²) in [4.78, 5) is 2.42. The molecule has 0 fully saturated rings. The van der Waals surface area contributed by atoms with Crippen molar-refractivity contribution in [2.75, 3.05) is 40.5 Å². The van der Waals surface area contributed by atoms with Crippen LogP contribution in [-0.2, 0) is 9.47 Å². The predicted molar refractivity (Wildman–Crippen MR) is 67.7 cm³/mol. The number of hydrogen-bond donors (Lipinski definition) is 1. The van der Waals surface area contributed by atoms with Crippen molar-refractivity contribution < 1.29 is 9.47 Å². The van der Waals surface area contributed by atoms with E-state index in [2.05, 4.69) is 18.7 Å². The molecular weight excluding hydrogens is 204 g/mol. The van der Waals surface area contributed by atoms with E-state index in [1.807, 2.05) is 0 Å². The van der Waals surface area contributed by atoms with Crippen LogP contribution in [0.1, 0.15) is 26.7 Å². The Kier molecular flexibility index (Phi) is 9.92. The van der Waals surface area contributed by atoms with Gasteiger partial charge in [-0.05, 0) is 26.7 Å². The summed E-state index contributed by atoms with van der Waals surface area (Å²) in [7, 11) is 3.48. The van der Waals surface area contributed by atoms with Crippen molar-refractivity contribution in [2.45, 2.75) is 38.8 Å². The molecule has 4 nitrogen and oxygen atoms in total. The van der Waals surface area contributed by atoms with Crippen LogP contribution in [-0.4, -0.2) is 57.5 Å². The van der Waals surface area contributed by atoms with Crippen molar-refractivity contribution >= 4 is 0 Å². The van der Waals surface area contributed by atoms with Crippen molar-refractivity contribution in [1.82, 2.24) is 4.90 Å². The largest absolute Gasteiger partial charge is 0.385 e. The Morgan fingerprint density at radius 3 is 2.19 bits per heavy atom. The Bertz CT molecular complexity index is 154. The number of methoxy groups -OCH3 is 2. The fourth-order valence-electron chi connectivity index (χ4n) is 1.86. The van der Waals surface area contributed by atoms with Crippen molar-refractivity contribution in [3.63, 3.8) is 0 Å². The molecule has 0 aliphatic carbocycles. The van der Waals surface area contributed by atoms with Gasteiger partial charge in [0.25, 0.3) is 0 Å². The molecule has 0 rings (SSSR count). The molecule has 0 saturated carbocycles. The summed E-state index contributed by atoms with van der Waals surface area (Å²) in [5.74, 6) is 0. The lowest BCUT2D eigenvalue weighted by molar-refractivity contribution is 0.106. The van der Waals surface area contributed by atoms with E-state index in [-0.39, 0.29) is 6.04 Å². The van der Waals surface area contributed by atoms with Crippen LogP contribution in [0.4, 0.5) is 0 Å². The highest BCUT2D eigenvalue weighted by Crippen LogP contribution is 2.06. The molecule has 2 unspecified atom stereocenters. The Hall–Kier alpha value is -0.160. The Morgan fingerprint density at radius 1 is 1.06 bits per heavy atom. The molecule has 0 heterocycles. The lowest BCUT2D eigenvalue weighted by atomic mass is 10.1. The molecule has 0 aromatic rings. The van der Waals surface area contributed by atoms with Gasteiger partial charge in [-0.2, -0.15) is 0 Å². The van der Waals surface area contributed by atoms with Gasteiger partial charge in [0.05, 0.1) is 6.61 Å². The Labute approximate surface area is 100 Å². The second-order valence-electron chi connectivity index (χ2n) is 4.44. The first-order valence-electron chi connectivity index (χ1n) is 6.09. The van der Waals surface area contributed by atoms with Gasteiger partial charge in [0.15, 0.2) is 0 Å². The van der Waals surface area contributed by atoms with E-state index < -0.39 is 0 Å². The van der Waals surface area contributed by atoms with Gasteiger partial charge in [0.1, 0.15) is 0 Å². The first-order chi connectivity index (χ1) is 7.61. The molecule has 0 aliphatic rings. The maximum atomic E-state index is 5.83. The van der Waals surface area contributed by atoms with Crippen LogP contribution in [0.5, 0.6) is 0 Å². The molecule has 2 atom stereocenters. The van der Waals surface area contributed by atoms with Gasteiger partial charge in [-0.25, -0.2) is 0 Å². The van der Waals surface area contributed by atoms with E-state index in [4.69, 9.17) is 15.2 Å². The lowest BCUT2D eigenvalue weighted by Gasteiger charge is -2.29. The van der Waals surface area contributed by atoms with Crippen LogP contribution in [0.15, 0.2) is 0 Å². The lowest BCUT2D eigenvalue weighted by Crippen LogP contribution is -2.39. The third-order valence-electron chi connectivity index (χ3n) is 2.71. The maximum absolute atomic E-state index is 5.83. The van der Waals surface area contributed by atoms with Gasteiger partial charge in [-0.3, -0.25) is 4.90 Å². The number of nitrogens with zero attached hydrogens (tertiary/aromatic N) is 1. The average Bonchev–Trinajstić information content (AvgIpc) is 2.22. The van der Waals surface area contributed by atoms with E-state index in [0.717, 1.165) is 39.1 Å². The minimum absolute atomic E-state index is 0.252. The Morgan fingerprint density at radius 2 is 1.69 bits per heavy atom. The van der Waals surface area contributed by atoms with Crippen molar-refractivity contribution in [3.05, 3.63) is 0 Å². The van der Waals surface area contributed by atoms with Crippen LogP contribution >= 0.6 is 0 Å². The molecule has 16 heavy (non-hydrogen) atoms.